The lowest BCUT2D eigenvalue weighted by molar-refractivity contribution is 0.450. The van der Waals surface area contributed by atoms with Crippen LogP contribution >= 0.6 is 0 Å². The van der Waals surface area contributed by atoms with Gasteiger partial charge < -0.3 is 15.9 Å². The van der Waals surface area contributed by atoms with E-state index in [1.165, 1.54) is 6.07 Å². The number of anilines is 1. The second kappa shape index (κ2) is 4.61. The van der Waals surface area contributed by atoms with Gasteiger partial charge in [-0.2, -0.15) is 0 Å². The first-order valence-electron chi connectivity index (χ1n) is 5.20. The van der Waals surface area contributed by atoms with Crippen LogP contribution in [0.2, 0.25) is 0 Å². The largest absolute Gasteiger partial charge is 0.508 e. The Balaban J connectivity index is 2.22. The molecule has 0 spiro atoms. The maximum absolute atomic E-state index is 9.32. The van der Waals surface area contributed by atoms with Crippen molar-refractivity contribution in [2.24, 2.45) is 0 Å². The van der Waals surface area contributed by atoms with Gasteiger partial charge in [0, 0.05) is 11.8 Å². The molecule has 86 valence electrons. The number of phenolic OH excluding ortho intramolecular Hbond substituents is 2. The van der Waals surface area contributed by atoms with E-state index in [0.29, 0.717) is 0 Å². The molecule has 0 saturated carbocycles. The first kappa shape index (κ1) is 11.1. The molecule has 0 aliphatic rings. The molecule has 2 rings (SSSR count). The van der Waals surface area contributed by atoms with Gasteiger partial charge in [0.15, 0.2) is 0 Å². The molecular weight excluding hydrogens is 214 g/mol. The molecule has 0 unspecified atom stereocenters. The second-order valence-electron chi connectivity index (χ2n) is 3.78. The first-order valence-corrected chi connectivity index (χ1v) is 5.20. The maximum atomic E-state index is 9.32. The lowest BCUT2D eigenvalue weighted by atomic mass is 10.1. The van der Waals surface area contributed by atoms with Gasteiger partial charge in [-0.05, 0) is 35.4 Å². The number of hydrogen-bond donors (Lipinski definition) is 3. The molecule has 0 radical (unpaired) electrons. The first-order chi connectivity index (χ1) is 8.13. The molecule has 3 nitrogen and oxygen atoms in total. The number of nitrogens with two attached hydrogens (primary N) is 1. The normalized spacial score (nSPS) is 10.8. The predicted octanol–water partition coefficient (Wildman–Crippen LogP) is 2.85. The van der Waals surface area contributed by atoms with Crippen molar-refractivity contribution in [3.05, 3.63) is 53.6 Å². The highest BCUT2D eigenvalue weighted by atomic mass is 16.3. The summed E-state index contributed by atoms with van der Waals surface area (Å²) in [4.78, 5) is 0. The van der Waals surface area contributed by atoms with Gasteiger partial charge in [-0.15, -0.1) is 0 Å². The molecule has 0 amide bonds. The van der Waals surface area contributed by atoms with Crippen molar-refractivity contribution >= 4 is 17.8 Å². The molecule has 0 aliphatic heterocycles. The summed E-state index contributed by atoms with van der Waals surface area (Å²) < 4.78 is 0. The third kappa shape index (κ3) is 3.01. The van der Waals surface area contributed by atoms with Crippen molar-refractivity contribution in [3.8, 4) is 11.5 Å². The third-order valence-corrected chi connectivity index (χ3v) is 2.33. The van der Waals surface area contributed by atoms with Crippen LogP contribution in [0.25, 0.3) is 12.2 Å². The van der Waals surface area contributed by atoms with E-state index in [0.717, 1.165) is 16.8 Å². The van der Waals surface area contributed by atoms with E-state index in [1.54, 1.807) is 12.1 Å². The number of rotatable bonds is 2. The molecule has 0 aliphatic carbocycles. The fraction of sp³-hybridized carbons (Fsp3) is 0. The van der Waals surface area contributed by atoms with Crippen molar-refractivity contribution in [3.63, 3.8) is 0 Å². The van der Waals surface area contributed by atoms with Crippen molar-refractivity contribution in [1.82, 2.24) is 0 Å². The Hall–Kier alpha value is -2.42. The topological polar surface area (TPSA) is 66.5 Å². The Labute approximate surface area is 99.5 Å². The minimum atomic E-state index is 0.0435. The van der Waals surface area contributed by atoms with Gasteiger partial charge >= 0.3 is 0 Å². The van der Waals surface area contributed by atoms with Gasteiger partial charge in [-0.1, -0.05) is 24.3 Å². The summed E-state index contributed by atoms with van der Waals surface area (Å²) >= 11 is 0. The van der Waals surface area contributed by atoms with Gasteiger partial charge in [0.25, 0.3) is 0 Å². The van der Waals surface area contributed by atoms with Gasteiger partial charge in [0.2, 0.25) is 0 Å². The quantitative estimate of drug-likeness (QED) is 0.546. The Kier molecular flexibility index (Phi) is 3.01. The zero-order valence-corrected chi connectivity index (χ0v) is 9.17. The van der Waals surface area contributed by atoms with Gasteiger partial charge in [-0.3, -0.25) is 0 Å². The van der Waals surface area contributed by atoms with Crippen molar-refractivity contribution in [2.75, 3.05) is 5.73 Å². The van der Waals surface area contributed by atoms with Crippen LogP contribution in [0.15, 0.2) is 42.5 Å². The Morgan fingerprint density at radius 3 is 1.88 bits per heavy atom. The molecule has 17 heavy (non-hydrogen) atoms. The van der Waals surface area contributed by atoms with E-state index < -0.39 is 0 Å². The summed E-state index contributed by atoms with van der Waals surface area (Å²) in [6.07, 6.45) is 3.69. The van der Waals surface area contributed by atoms with Crippen molar-refractivity contribution in [2.45, 2.75) is 0 Å². The maximum Gasteiger partial charge on any atom is 0.119 e. The van der Waals surface area contributed by atoms with Crippen molar-refractivity contribution in [1.29, 1.82) is 0 Å². The van der Waals surface area contributed by atoms with Crippen LogP contribution < -0.4 is 5.73 Å². The Morgan fingerprint density at radius 1 is 0.765 bits per heavy atom. The van der Waals surface area contributed by atoms with Crippen LogP contribution in [0.3, 0.4) is 0 Å². The fourth-order valence-corrected chi connectivity index (χ4v) is 1.51. The molecule has 0 heterocycles. The van der Waals surface area contributed by atoms with Gasteiger partial charge in [-0.25, -0.2) is 0 Å². The molecule has 0 saturated heterocycles. The van der Waals surface area contributed by atoms with E-state index >= 15 is 0 Å². The fourth-order valence-electron chi connectivity index (χ4n) is 1.51. The smallest absolute Gasteiger partial charge is 0.119 e. The van der Waals surface area contributed by atoms with Crippen LogP contribution in [-0.4, -0.2) is 10.2 Å². The minimum Gasteiger partial charge on any atom is -0.508 e. The average molecular weight is 227 g/mol. The number of phenols is 2. The minimum absolute atomic E-state index is 0.0435. The number of hydrogen-bond acceptors (Lipinski definition) is 3. The SMILES string of the molecule is Nc1ccc(/C=C/c2cc(O)cc(O)c2)cc1. The van der Waals surface area contributed by atoms with E-state index in [2.05, 4.69) is 0 Å². The summed E-state index contributed by atoms with van der Waals surface area (Å²) in [5.41, 5.74) is 8.04. The number of aromatic hydroxyl groups is 2. The molecule has 0 bridgehead atoms. The molecule has 3 heteroatoms. The van der Waals surface area contributed by atoms with E-state index in [9.17, 15) is 10.2 Å². The third-order valence-electron chi connectivity index (χ3n) is 2.33. The standard InChI is InChI=1S/C14H13NO2/c15-12-5-3-10(4-6-12)1-2-11-7-13(16)9-14(17)8-11/h1-9,16-17H,15H2/b2-1+. The van der Waals surface area contributed by atoms with Crippen molar-refractivity contribution < 1.29 is 10.2 Å². The van der Waals surface area contributed by atoms with E-state index in [4.69, 9.17) is 5.73 Å². The van der Waals surface area contributed by atoms with E-state index in [1.807, 2.05) is 36.4 Å². The molecular formula is C14H13NO2. The summed E-state index contributed by atoms with van der Waals surface area (Å²) in [6.45, 7) is 0. The van der Waals surface area contributed by atoms with Crippen LogP contribution in [0.1, 0.15) is 11.1 Å². The highest BCUT2D eigenvalue weighted by Crippen LogP contribution is 2.22. The predicted molar refractivity (Wildman–Crippen MR) is 69.6 cm³/mol. The number of benzene rings is 2. The zero-order chi connectivity index (χ0) is 12.3. The highest BCUT2D eigenvalue weighted by molar-refractivity contribution is 5.71. The lowest BCUT2D eigenvalue weighted by Crippen LogP contribution is -1.82. The van der Waals surface area contributed by atoms with Gasteiger partial charge in [0.1, 0.15) is 11.5 Å². The lowest BCUT2D eigenvalue weighted by Gasteiger charge is -1.98. The molecule has 0 fully saturated rings. The summed E-state index contributed by atoms with van der Waals surface area (Å²) in [5, 5.41) is 18.6. The molecule has 4 N–H and O–H groups in total. The summed E-state index contributed by atoms with van der Waals surface area (Å²) in [5.74, 6) is 0.0870. The Morgan fingerprint density at radius 2 is 1.29 bits per heavy atom. The highest BCUT2D eigenvalue weighted by Gasteiger charge is 1.95. The zero-order valence-electron chi connectivity index (χ0n) is 9.17. The molecule has 0 atom stereocenters. The van der Waals surface area contributed by atoms with Crippen LogP contribution in [0, 0.1) is 0 Å². The monoisotopic (exact) mass is 227 g/mol. The van der Waals surface area contributed by atoms with Gasteiger partial charge in [0.05, 0.1) is 0 Å². The average Bonchev–Trinajstić information content (AvgIpc) is 2.27. The van der Waals surface area contributed by atoms with Crippen LogP contribution in [-0.2, 0) is 0 Å². The van der Waals surface area contributed by atoms with Crippen LogP contribution in [0.4, 0.5) is 5.69 Å². The molecule has 2 aromatic carbocycles. The second-order valence-corrected chi connectivity index (χ2v) is 3.78. The molecule has 2 aromatic rings. The molecule has 0 aromatic heterocycles. The van der Waals surface area contributed by atoms with E-state index in [-0.39, 0.29) is 11.5 Å². The summed E-state index contributed by atoms with van der Waals surface area (Å²) in [7, 11) is 0. The van der Waals surface area contributed by atoms with Crippen LogP contribution in [0.5, 0.6) is 11.5 Å². The number of nitrogen functional groups attached to an aromatic ring is 1. The Bertz CT molecular complexity index is 524. The summed E-state index contributed by atoms with van der Waals surface area (Å²) in [6, 6.07) is 11.9.